The molecule has 1 N–H and O–H groups in total. The third kappa shape index (κ3) is 4.04. The van der Waals surface area contributed by atoms with E-state index in [1.54, 1.807) is 13.8 Å². The van der Waals surface area contributed by atoms with E-state index in [4.69, 9.17) is 0 Å². The molecular weight excluding hydrogens is 237 g/mol. The number of hydrogen-bond acceptors (Lipinski definition) is 3. The summed E-state index contributed by atoms with van der Waals surface area (Å²) in [6, 6.07) is 0. The second-order valence-corrected chi connectivity index (χ2v) is 3.59. The van der Waals surface area contributed by atoms with Crippen LogP contribution in [-0.4, -0.2) is 45.3 Å². The number of alkyl halides is 3. The van der Waals surface area contributed by atoms with Gasteiger partial charge in [-0.3, -0.25) is 9.89 Å². The third-order valence-corrected chi connectivity index (χ3v) is 1.94. The van der Waals surface area contributed by atoms with Crippen molar-refractivity contribution in [1.29, 1.82) is 0 Å². The van der Waals surface area contributed by atoms with Crippen molar-refractivity contribution < 1.29 is 18.0 Å². The molecule has 1 heterocycles. The summed E-state index contributed by atoms with van der Waals surface area (Å²) in [5, 5.41) is 5.97. The number of aryl methyl sites for hydroxylation is 1. The summed E-state index contributed by atoms with van der Waals surface area (Å²) in [7, 11) is 0. The van der Waals surface area contributed by atoms with Gasteiger partial charge in [-0.15, -0.1) is 5.10 Å². The topological polar surface area (TPSA) is 61.9 Å². The highest BCUT2D eigenvalue weighted by atomic mass is 19.4. The zero-order valence-electron chi connectivity index (χ0n) is 9.51. The molecule has 1 amide bonds. The van der Waals surface area contributed by atoms with Crippen LogP contribution in [0.3, 0.4) is 0 Å². The van der Waals surface area contributed by atoms with E-state index in [0.29, 0.717) is 17.1 Å². The molecule has 8 heteroatoms. The number of H-pyrrole nitrogens is 1. The van der Waals surface area contributed by atoms with Crippen LogP contribution in [0.25, 0.3) is 0 Å². The molecule has 5 nitrogen and oxygen atoms in total. The number of rotatable bonds is 4. The number of aromatic nitrogens is 3. The molecule has 0 bridgehead atoms. The molecule has 0 fully saturated rings. The zero-order chi connectivity index (χ0) is 13.1. The number of nitrogens with zero attached hydrogens (tertiary/aromatic N) is 3. The average molecular weight is 250 g/mol. The summed E-state index contributed by atoms with van der Waals surface area (Å²) >= 11 is 0. The first-order valence-corrected chi connectivity index (χ1v) is 5.08. The van der Waals surface area contributed by atoms with Crippen molar-refractivity contribution in [2.75, 3.05) is 13.1 Å². The zero-order valence-corrected chi connectivity index (χ0v) is 9.51. The molecule has 0 spiro atoms. The van der Waals surface area contributed by atoms with E-state index in [1.807, 2.05) is 0 Å². The maximum Gasteiger partial charge on any atom is 0.406 e. The lowest BCUT2D eigenvalue weighted by molar-refractivity contribution is -0.140. The van der Waals surface area contributed by atoms with Gasteiger partial charge in [0, 0.05) is 6.54 Å². The van der Waals surface area contributed by atoms with Crippen molar-refractivity contribution in [3.63, 3.8) is 0 Å². The quantitative estimate of drug-likeness (QED) is 0.881. The Balaban J connectivity index is 2.80. The van der Waals surface area contributed by atoms with Crippen LogP contribution in [0.2, 0.25) is 0 Å². The van der Waals surface area contributed by atoms with Crippen molar-refractivity contribution >= 4 is 5.91 Å². The molecule has 0 atom stereocenters. The van der Waals surface area contributed by atoms with Crippen LogP contribution in [0.15, 0.2) is 0 Å². The first-order chi connectivity index (χ1) is 7.83. The lowest BCUT2D eigenvalue weighted by Gasteiger charge is -2.21. The summed E-state index contributed by atoms with van der Waals surface area (Å²) in [5.74, 6) is -0.662. The van der Waals surface area contributed by atoms with E-state index in [0.717, 1.165) is 0 Å². The van der Waals surface area contributed by atoms with Crippen LogP contribution in [0.5, 0.6) is 0 Å². The number of carbonyl (C=O) groups is 1. The monoisotopic (exact) mass is 250 g/mol. The van der Waals surface area contributed by atoms with E-state index in [2.05, 4.69) is 15.2 Å². The molecule has 0 aliphatic heterocycles. The van der Waals surface area contributed by atoms with Gasteiger partial charge in [-0.25, -0.2) is 4.98 Å². The Hall–Kier alpha value is -1.60. The largest absolute Gasteiger partial charge is 0.406 e. The van der Waals surface area contributed by atoms with Gasteiger partial charge in [-0.05, 0) is 13.3 Å². The number of hydrogen-bond donors (Lipinski definition) is 1. The van der Waals surface area contributed by atoms with Crippen molar-refractivity contribution in [3.05, 3.63) is 11.6 Å². The summed E-state index contributed by atoms with van der Waals surface area (Å²) < 4.78 is 36.8. The van der Waals surface area contributed by atoms with Crippen LogP contribution in [0.4, 0.5) is 13.2 Å². The minimum Gasteiger partial charge on any atom is -0.327 e. The third-order valence-electron chi connectivity index (χ3n) is 1.94. The van der Waals surface area contributed by atoms with Gasteiger partial charge in [0.05, 0.1) is 0 Å². The predicted octanol–water partition coefficient (Wildman–Crippen LogP) is 1.53. The van der Waals surface area contributed by atoms with E-state index >= 15 is 0 Å². The maximum atomic E-state index is 12.3. The van der Waals surface area contributed by atoms with Crippen LogP contribution in [-0.2, 0) is 0 Å². The number of halogens is 3. The molecule has 1 aromatic rings. The Morgan fingerprint density at radius 2 is 2.12 bits per heavy atom. The van der Waals surface area contributed by atoms with Gasteiger partial charge >= 0.3 is 6.18 Å². The van der Waals surface area contributed by atoms with Crippen molar-refractivity contribution in [2.45, 2.75) is 26.4 Å². The van der Waals surface area contributed by atoms with Gasteiger partial charge in [-0.2, -0.15) is 13.2 Å². The molecule has 0 radical (unpaired) electrons. The average Bonchev–Trinajstić information content (AvgIpc) is 2.61. The fourth-order valence-electron chi connectivity index (χ4n) is 1.32. The summed E-state index contributed by atoms with van der Waals surface area (Å²) in [6.45, 7) is 2.00. The first kappa shape index (κ1) is 13.5. The van der Waals surface area contributed by atoms with Gasteiger partial charge in [0.15, 0.2) is 0 Å². The molecule has 0 aliphatic carbocycles. The minimum atomic E-state index is -4.42. The lowest BCUT2D eigenvalue weighted by atomic mass is 10.3. The van der Waals surface area contributed by atoms with Crippen LogP contribution in [0, 0.1) is 6.92 Å². The van der Waals surface area contributed by atoms with Gasteiger partial charge in [-0.1, -0.05) is 6.92 Å². The summed E-state index contributed by atoms with van der Waals surface area (Å²) in [6.07, 6.45) is -3.98. The smallest absolute Gasteiger partial charge is 0.327 e. The van der Waals surface area contributed by atoms with E-state index in [1.165, 1.54) is 0 Å². The fourth-order valence-corrected chi connectivity index (χ4v) is 1.32. The summed E-state index contributed by atoms with van der Waals surface area (Å²) in [5.41, 5.74) is 0. The SMILES string of the molecule is CCCN(CC(F)(F)F)C(=O)c1n[nH]c(C)n1. The van der Waals surface area contributed by atoms with Gasteiger partial charge in [0.1, 0.15) is 12.4 Å². The van der Waals surface area contributed by atoms with Crippen LogP contribution < -0.4 is 0 Å². The number of aromatic amines is 1. The predicted molar refractivity (Wildman–Crippen MR) is 53.4 cm³/mol. The van der Waals surface area contributed by atoms with Gasteiger partial charge in [0.25, 0.3) is 5.91 Å². The Labute approximate surface area is 96.0 Å². The molecule has 0 aromatic carbocycles. The molecule has 96 valence electrons. The molecule has 1 aromatic heterocycles. The number of nitrogens with one attached hydrogen (secondary N) is 1. The molecule has 1 rings (SSSR count). The minimum absolute atomic E-state index is 0.0198. The van der Waals surface area contributed by atoms with Crippen molar-refractivity contribution in [3.8, 4) is 0 Å². The first-order valence-electron chi connectivity index (χ1n) is 5.08. The lowest BCUT2D eigenvalue weighted by Crippen LogP contribution is -2.39. The van der Waals surface area contributed by atoms with E-state index in [-0.39, 0.29) is 12.4 Å². The highest BCUT2D eigenvalue weighted by Gasteiger charge is 2.33. The molecule has 0 saturated heterocycles. The Kier molecular flexibility index (Phi) is 4.08. The van der Waals surface area contributed by atoms with Crippen molar-refractivity contribution in [1.82, 2.24) is 20.1 Å². The second-order valence-electron chi connectivity index (χ2n) is 3.59. The maximum absolute atomic E-state index is 12.3. The highest BCUT2D eigenvalue weighted by molar-refractivity contribution is 5.90. The fraction of sp³-hybridized carbons (Fsp3) is 0.667. The molecule has 0 saturated carbocycles. The molecule has 17 heavy (non-hydrogen) atoms. The van der Waals surface area contributed by atoms with Crippen LogP contribution in [0.1, 0.15) is 29.8 Å². The standard InChI is InChI=1S/C9H13F3N4O/c1-3-4-16(5-9(10,11)12)8(17)7-13-6(2)14-15-7/h3-5H2,1-2H3,(H,13,14,15). The Bertz CT molecular complexity index is 388. The Morgan fingerprint density at radius 3 is 2.53 bits per heavy atom. The summed E-state index contributed by atoms with van der Waals surface area (Å²) in [4.78, 5) is 16.1. The highest BCUT2D eigenvalue weighted by Crippen LogP contribution is 2.17. The molecular formula is C9H13F3N4O. The van der Waals surface area contributed by atoms with Crippen molar-refractivity contribution in [2.24, 2.45) is 0 Å². The normalized spacial score (nSPS) is 11.6. The second kappa shape index (κ2) is 5.15. The number of carbonyl (C=O) groups excluding carboxylic acids is 1. The Morgan fingerprint density at radius 1 is 1.47 bits per heavy atom. The number of amides is 1. The molecule has 0 unspecified atom stereocenters. The molecule has 0 aliphatic rings. The van der Waals surface area contributed by atoms with Gasteiger partial charge < -0.3 is 4.90 Å². The van der Waals surface area contributed by atoms with Gasteiger partial charge in [0.2, 0.25) is 5.82 Å². The van der Waals surface area contributed by atoms with E-state index < -0.39 is 18.6 Å². The van der Waals surface area contributed by atoms with E-state index in [9.17, 15) is 18.0 Å². The van der Waals surface area contributed by atoms with Crippen LogP contribution >= 0.6 is 0 Å².